The van der Waals surface area contributed by atoms with Gasteiger partial charge in [0.1, 0.15) is 18.0 Å². The molecule has 0 saturated heterocycles. The first-order chi connectivity index (χ1) is 8.05. The highest BCUT2D eigenvalue weighted by Crippen LogP contribution is 2.20. The predicted molar refractivity (Wildman–Crippen MR) is 69.1 cm³/mol. The molecule has 1 saturated carbocycles. The quantitative estimate of drug-likeness (QED) is 0.840. The Morgan fingerprint density at radius 2 is 2.35 bits per heavy atom. The van der Waals surface area contributed by atoms with Crippen LogP contribution in [0.15, 0.2) is 22.9 Å². The Bertz CT molecular complexity index is 381. The Labute approximate surface area is 110 Å². The van der Waals surface area contributed by atoms with E-state index in [1.54, 1.807) is 19.3 Å². The summed E-state index contributed by atoms with van der Waals surface area (Å²) in [5, 5.41) is 13.4. The van der Waals surface area contributed by atoms with Gasteiger partial charge < -0.3 is 15.2 Å². The van der Waals surface area contributed by atoms with E-state index in [-0.39, 0.29) is 6.61 Å². The molecule has 2 rings (SSSR count). The third-order valence-corrected chi connectivity index (χ3v) is 3.01. The number of pyridine rings is 1. The monoisotopic (exact) mass is 300 g/mol. The molecule has 0 radical (unpaired) electrons. The normalized spacial score (nSPS) is 18.8. The summed E-state index contributed by atoms with van der Waals surface area (Å²) in [5.74, 6) is 0.658. The summed E-state index contributed by atoms with van der Waals surface area (Å²) in [6, 6.07) is 2.42. The van der Waals surface area contributed by atoms with E-state index in [1.165, 1.54) is 12.8 Å². The number of halogens is 1. The second-order valence-corrected chi connectivity index (χ2v) is 5.70. The van der Waals surface area contributed by atoms with Gasteiger partial charge in [-0.25, -0.2) is 0 Å². The highest BCUT2D eigenvalue weighted by atomic mass is 79.9. The average Bonchev–Trinajstić information content (AvgIpc) is 3.08. The SMILES string of the molecule is CC(O)(CNC1CC1)COc1cncc(Br)c1. The van der Waals surface area contributed by atoms with Crippen molar-refractivity contribution in [3.63, 3.8) is 0 Å². The zero-order valence-electron chi connectivity index (χ0n) is 9.82. The Hall–Kier alpha value is -0.650. The van der Waals surface area contributed by atoms with Gasteiger partial charge in [-0.1, -0.05) is 0 Å². The van der Waals surface area contributed by atoms with Crippen LogP contribution in [0.4, 0.5) is 0 Å². The van der Waals surface area contributed by atoms with E-state index in [4.69, 9.17) is 4.74 Å². The van der Waals surface area contributed by atoms with E-state index in [0.29, 0.717) is 18.3 Å². The third kappa shape index (κ3) is 4.61. The average molecular weight is 301 g/mol. The van der Waals surface area contributed by atoms with Crippen molar-refractivity contribution >= 4 is 15.9 Å². The first kappa shape index (κ1) is 12.8. The van der Waals surface area contributed by atoms with Crippen LogP contribution >= 0.6 is 15.9 Å². The van der Waals surface area contributed by atoms with Gasteiger partial charge in [0, 0.05) is 23.3 Å². The molecule has 0 spiro atoms. The lowest BCUT2D eigenvalue weighted by molar-refractivity contribution is 0.0119. The van der Waals surface area contributed by atoms with Crippen LogP contribution in [0.3, 0.4) is 0 Å². The Morgan fingerprint density at radius 3 is 3.00 bits per heavy atom. The van der Waals surface area contributed by atoms with E-state index in [9.17, 15) is 5.11 Å². The first-order valence-electron chi connectivity index (χ1n) is 5.74. The Balaban J connectivity index is 1.78. The van der Waals surface area contributed by atoms with E-state index >= 15 is 0 Å². The second-order valence-electron chi connectivity index (χ2n) is 4.78. The molecule has 1 aromatic rings. The molecule has 0 amide bonds. The zero-order valence-corrected chi connectivity index (χ0v) is 11.4. The van der Waals surface area contributed by atoms with Gasteiger partial charge in [-0.3, -0.25) is 4.98 Å². The molecular weight excluding hydrogens is 284 g/mol. The van der Waals surface area contributed by atoms with Crippen LogP contribution in [0.2, 0.25) is 0 Å². The van der Waals surface area contributed by atoms with Crippen LogP contribution in [0.25, 0.3) is 0 Å². The summed E-state index contributed by atoms with van der Waals surface area (Å²) in [4.78, 5) is 4.00. The van der Waals surface area contributed by atoms with Crippen LogP contribution < -0.4 is 10.1 Å². The predicted octanol–water partition coefficient (Wildman–Crippen LogP) is 1.73. The maximum absolute atomic E-state index is 10.1. The number of nitrogens with zero attached hydrogens (tertiary/aromatic N) is 1. The van der Waals surface area contributed by atoms with Crippen molar-refractivity contribution in [1.29, 1.82) is 0 Å². The molecule has 17 heavy (non-hydrogen) atoms. The minimum Gasteiger partial charge on any atom is -0.489 e. The van der Waals surface area contributed by atoms with E-state index in [2.05, 4.69) is 26.2 Å². The van der Waals surface area contributed by atoms with Crippen LogP contribution in [0.1, 0.15) is 19.8 Å². The van der Waals surface area contributed by atoms with Gasteiger partial charge in [0.05, 0.1) is 6.20 Å². The molecule has 0 aliphatic heterocycles. The molecule has 1 atom stereocenters. The van der Waals surface area contributed by atoms with Crippen molar-refractivity contribution in [2.24, 2.45) is 0 Å². The van der Waals surface area contributed by atoms with E-state index in [0.717, 1.165) is 4.47 Å². The standard InChI is InChI=1S/C12H17BrN2O2/c1-12(16,7-15-10-2-3-10)8-17-11-4-9(13)5-14-6-11/h4-6,10,15-16H,2-3,7-8H2,1H3. The maximum Gasteiger partial charge on any atom is 0.138 e. The number of hydrogen-bond acceptors (Lipinski definition) is 4. The summed E-state index contributed by atoms with van der Waals surface area (Å²) in [6.45, 7) is 2.58. The fourth-order valence-corrected chi connectivity index (χ4v) is 1.76. The summed E-state index contributed by atoms with van der Waals surface area (Å²) in [7, 11) is 0. The highest BCUT2D eigenvalue weighted by molar-refractivity contribution is 9.10. The van der Waals surface area contributed by atoms with Crippen LogP contribution in [-0.4, -0.2) is 34.9 Å². The molecular formula is C12H17BrN2O2. The second kappa shape index (κ2) is 5.33. The summed E-state index contributed by atoms with van der Waals surface area (Å²) < 4.78 is 6.39. The van der Waals surface area contributed by atoms with Gasteiger partial charge in [-0.15, -0.1) is 0 Å². The van der Waals surface area contributed by atoms with Crippen molar-refractivity contribution < 1.29 is 9.84 Å². The Kier molecular flexibility index (Phi) is 4.01. The molecule has 0 bridgehead atoms. The highest BCUT2D eigenvalue weighted by Gasteiger charge is 2.27. The number of hydrogen-bond donors (Lipinski definition) is 2. The van der Waals surface area contributed by atoms with Gasteiger partial charge in [-0.05, 0) is 41.8 Å². The molecule has 1 fully saturated rings. The molecule has 94 valence electrons. The minimum absolute atomic E-state index is 0.255. The first-order valence-corrected chi connectivity index (χ1v) is 6.54. The Morgan fingerprint density at radius 1 is 1.59 bits per heavy atom. The number of ether oxygens (including phenoxy) is 1. The van der Waals surface area contributed by atoms with Crippen LogP contribution in [0.5, 0.6) is 5.75 Å². The lowest BCUT2D eigenvalue weighted by Crippen LogP contribution is -2.43. The van der Waals surface area contributed by atoms with E-state index in [1.807, 2.05) is 6.07 Å². The molecule has 4 nitrogen and oxygen atoms in total. The third-order valence-electron chi connectivity index (χ3n) is 2.58. The lowest BCUT2D eigenvalue weighted by atomic mass is 10.1. The fourth-order valence-electron chi connectivity index (χ4n) is 1.41. The van der Waals surface area contributed by atoms with Gasteiger partial charge >= 0.3 is 0 Å². The largest absolute Gasteiger partial charge is 0.489 e. The lowest BCUT2D eigenvalue weighted by Gasteiger charge is -2.23. The van der Waals surface area contributed by atoms with Gasteiger partial charge in [0.25, 0.3) is 0 Å². The zero-order chi connectivity index (χ0) is 12.3. The summed E-state index contributed by atoms with van der Waals surface area (Å²) >= 11 is 3.32. The van der Waals surface area contributed by atoms with Crippen molar-refractivity contribution in [3.8, 4) is 5.75 Å². The van der Waals surface area contributed by atoms with Gasteiger partial charge in [0.15, 0.2) is 0 Å². The molecule has 1 aromatic heterocycles. The molecule has 1 aliphatic carbocycles. The topological polar surface area (TPSA) is 54.4 Å². The molecule has 0 aromatic carbocycles. The smallest absolute Gasteiger partial charge is 0.138 e. The van der Waals surface area contributed by atoms with Crippen LogP contribution in [-0.2, 0) is 0 Å². The van der Waals surface area contributed by atoms with E-state index < -0.39 is 5.60 Å². The molecule has 1 heterocycles. The van der Waals surface area contributed by atoms with Gasteiger partial charge in [0.2, 0.25) is 0 Å². The molecule has 5 heteroatoms. The summed E-state index contributed by atoms with van der Waals surface area (Å²) in [5.41, 5.74) is -0.856. The minimum atomic E-state index is -0.856. The maximum atomic E-state index is 10.1. The number of rotatable bonds is 6. The summed E-state index contributed by atoms with van der Waals surface area (Å²) in [6.07, 6.45) is 5.76. The van der Waals surface area contributed by atoms with Crippen LogP contribution in [0, 0.1) is 0 Å². The van der Waals surface area contributed by atoms with Crippen molar-refractivity contribution in [2.45, 2.75) is 31.4 Å². The number of aliphatic hydroxyl groups is 1. The van der Waals surface area contributed by atoms with Crippen molar-refractivity contribution in [3.05, 3.63) is 22.9 Å². The molecule has 2 N–H and O–H groups in total. The van der Waals surface area contributed by atoms with Gasteiger partial charge in [-0.2, -0.15) is 0 Å². The number of aromatic nitrogens is 1. The van der Waals surface area contributed by atoms with Crippen molar-refractivity contribution in [2.75, 3.05) is 13.2 Å². The molecule has 1 aliphatic rings. The van der Waals surface area contributed by atoms with Crippen molar-refractivity contribution in [1.82, 2.24) is 10.3 Å². The fraction of sp³-hybridized carbons (Fsp3) is 0.583. The number of nitrogens with one attached hydrogen (secondary N) is 1. The molecule has 1 unspecified atom stereocenters.